The van der Waals surface area contributed by atoms with E-state index >= 15 is 0 Å². The second kappa shape index (κ2) is 8.79. The van der Waals surface area contributed by atoms with Crippen LogP contribution in [-0.2, 0) is 6.42 Å². The molecule has 0 saturated heterocycles. The Kier molecular flexibility index (Phi) is 6.21. The molecule has 4 saturated carbocycles. The first-order chi connectivity index (χ1) is 15.0. The predicted molar refractivity (Wildman–Crippen MR) is 129 cm³/mol. The molecule has 0 amide bonds. The maximum absolute atomic E-state index is 4.68. The first kappa shape index (κ1) is 21.9. The fourth-order valence-corrected chi connectivity index (χ4v) is 9.59. The lowest BCUT2D eigenvalue weighted by Gasteiger charge is -2.57. The molecule has 1 aromatic heterocycles. The number of hydrogen-bond donors (Lipinski definition) is 0. The Bertz CT molecular complexity index is 742. The van der Waals surface area contributed by atoms with E-state index in [1.165, 1.54) is 50.6 Å². The molecule has 4 aliphatic carbocycles. The van der Waals surface area contributed by atoms with Crippen molar-refractivity contribution >= 4 is 0 Å². The van der Waals surface area contributed by atoms with Gasteiger partial charge in [-0.05, 0) is 117 Å². The van der Waals surface area contributed by atoms with Crippen LogP contribution in [0.5, 0.6) is 0 Å². The van der Waals surface area contributed by atoms with Crippen molar-refractivity contribution in [1.82, 2.24) is 9.97 Å². The third-order valence-corrected chi connectivity index (χ3v) is 10.9. The van der Waals surface area contributed by atoms with Gasteiger partial charge in [0.2, 0.25) is 0 Å². The Morgan fingerprint density at radius 3 is 2.58 bits per heavy atom. The molecule has 2 nitrogen and oxygen atoms in total. The van der Waals surface area contributed by atoms with E-state index in [9.17, 15) is 0 Å². The molecular formula is C29H46N2. The maximum Gasteiger partial charge on any atom is 0.0589 e. The van der Waals surface area contributed by atoms with E-state index in [-0.39, 0.29) is 0 Å². The minimum absolute atomic E-state index is 0.574. The van der Waals surface area contributed by atoms with Crippen molar-refractivity contribution < 1.29 is 0 Å². The summed E-state index contributed by atoms with van der Waals surface area (Å²) in [4.78, 5) is 9.19. The van der Waals surface area contributed by atoms with Crippen LogP contribution in [0.1, 0.15) is 103 Å². The van der Waals surface area contributed by atoms with Crippen LogP contribution >= 0.6 is 0 Å². The summed E-state index contributed by atoms with van der Waals surface area (Å²) in [5, 5.41) is 0. The molecule has 31 heavy (non-hydrogen) atoms. The zero-order chi connectivity index (χ0) is 21.6. The summed E-state index contributed by atoms with van der Waals surface area (Å²) in [7, 11) is 0. The number of nitrogens with zero attached hydrogens (tertiary/aromatic N) is 2. The number of rotatable bonds is 5. The second-order valence-electron chi connectivity index (χ2n) is 12.5. The molecule has 172 valence electrons. The SMILES string of the molecule is CCC[C@H]1CC[C@@H]2C3CC[C@@]4(C)C(CCC4[C@H](C)Cc4cnc(C)cn4)[C@@H]3CC[C@@H]2C1. The summed E-state index contributed by atoms with van der Waals surface area (Å²) in [6.45, 7) is 9.63. The van der Waals surface area contributed by atoms with Crippen molar-refractivity contribution in [3.8, 4) is 0 Å². The van der Waals surface area contributed by atoms with E-state index in [0.29, 0.717) is 5.41 Å². The van der Waals surface area contributed by atoms with E-state index in [1.807, 2.05) is 19.3 Å². The predicted octanol–water partition coefficient (Wildman–Crippen LogP) is 7.65. The summed E-state index contributed by atoms with van der Waals surface area (Å²) < 4.78 is 0. The van der Waals surface area contributed by atoms with Crippen molar-refractivity contribution in [3.05, 3.63) is 23.8 Å². The van der Waals surface area contributed by atoms with Gasteiger partial charge in [0, 0.05) is 12.4 Å². The molecule has 3 unspecified atom stereocenters. The minimum atomic E-state index is 0.574. The van der Waals surface area contributed by atoms with Crippen LogP contribution in [0.3, 0.4) is 0 Å². The first-order valence-electron chi connectivity index (χ1n) is 13.8. The van der Waals surface area contributed by atoms with Crippen LogP contribution in [0, 0.1) is 59.7 Å². The average Bonchev–Trinajstić information content (AvgIpc) is 3.12. The summed E-state index contributed by atoms with van der Waals surface area (Å²) in [6.07, 6.45) is 21.7. The molecule has 0 aliphatic heterocycles. The second-order valence-corrected chi connectivity index (χ2v) is 12.5. The molecule has 0 N–H and O–H groups in total. The van der Waals surface area contributed by atoms with Gasteiger partial charge in [-0.1, -0.05) is 40.0 Å². The molecule has 5 rings (SSSR count). The van der Waals surface area contributed by atoms with Crippen molar-refractivity contribution in [2.75, 3.05) is 0 Å². The summed E-state index contributed by atoms with van der Waals surface area (Å²) >= 11 is 0. The standard InChI is InChI=1S/C29H46N2/c1-5-6-21-7-9-24-22(16-21)8-10-26-25(24)13-14-29(4)27(11-12-28(26)29)19(2)15-23-18-30-20(3)17-31-23/h17-19,21-22,24-28H,5-16H2,1-4H3/t19-,21+,22-,24+,25?,26-,27?,28?,29-/m1/s1. The van der Waals surface area contributed by atoms with E-state index in [0.717, 1.165) is 59.5 Å². The monoisotopic (exact) mass is 422 g/mol. The Morgan fingerprint density at radius 1 is 0.968 bits per heavy atom. The van der Waals surface area contributed by atoms with E-state index in [2.05, 4.69) is 30.7 Å². The molecule has 4 fully saturated rings. The topological polar surface area (TPSA) is 25.8 Å². The fourth-order valence-electron chi connectivity index (χ4n) is 9.59. The third kappa shape index (κ3) is 3.99. The van der Waals surface area contributed by atoms with Crippen LogP contribution in [-0.4, -0.2) is 9.97 Å². The van der Waals surface area contributed by atoms with Gasteiger partial charge in [0.25, 0.3) is 0 Å². The van der Waals surface area contributed by atoms with Gasteiger partial charge in [-0.15, -0.1) is 0 Å². The Morgan fingerprint density at radius 2 is 1.81 bits per heavy atom. The first-order valence-corrected chi connectivity index (χ1v) is 13.8. The van der Waals surface area contributed by atoms with Crippen molar-refractivity contribution in [2.24, 2.45) is 52.8 Å². The summed E-state index contributed by atoms with van der Waals surface area (Å²) in [5.41, 5.74) is 2.80. The van der Waals surface area contributed by atoms with Gasteiger partial charge in [-0.25, -0.2) is 0 Å². The highest BCUT2D eigenvalue weighted by Gasteiger charge is 2.57. The van der Waals surface area contributed by atoms with E-state index < -0.39 is 0 Å². The molecule has 4 aliphatic rings. The minimum Gasteiger partial charge on any atom is -0.258 e. The highest BCUT2D eigenvalue weighted by Crippen LogP contribution is 2.65. The van der Waals surface area contributed by atoms with Crippen LogP contribution < -0.4 is 0 Å². The Balaban J connectivity index is 1.27. The van der Waals surface area contributed by atoms with Gasteiger partial charge >= 0.3 is 0 Å². The molecule has 0 aromatic carbocycles. The summed E-state index contributed by atoms with van der Waals surface area (Å²) in [6, 6.07) is 0. The zero-order valence-corrected chi connectivity index (χ0v) is 20.7. The van der Waals surface area contributed by atoms with Crippen LogP contribution in [0.4, 0.5) is 0 Å². The average molecular weight is 423 g/mol. The fraction of sp³-hybridized carbons (Fsp3) is 0.862. The number of hydrogen-bond acceptors (Lipinski definition) is 2. The molecule has 2 heteroatoms. The zero-order valence-electron chi connectivity index (χ0n) is 20.7. The lowest BCUT2D eigenvalue weighted by Crippen LogP contribution is -2.49. The van der Waals surface area contributed by atoms with Gasteiger partial charge in [-0.2, -0.15) is 0 Å². The number of aromatic nitrogens is 2. The van der Waals surface area contributed by atoms with Crippen molar-refractivity contribution in [2.45, 2.75) is 105 Å². The van der Waals surface area contributed by atoms with Gasteiger partial charge in [0.15, 0.2) is 0 Å². The quantitative estimate of drug-likeness (QED) is 0.487. The van der Waals surface area contributed by atoms with Gasteiger partial charge in [0.05, 0.1) is 11.4 Å². The molecule has 1 heterocycles. The highest BCUT2D eigenvalue weighted by molar-refractivity contribution is 5.09. The molecule has 0 spiro atoms. The molecular weight excluding hydrogens is 376 g/mol. The lowest BCUT2D eigenvalue weighted by atomic mass is 9.48. The number of fused-ring (bicyclic) bond motifs is 5. The molecule has 9 atom stereocenters. The lowest BCUT2D eigenvalue weighted by molar-refractivity contribution is -0.0740. The van der Waals surface area contributed by atoms with Crippen LogP contribution in [0.15, 0.2) is 12.4 Å². The van der Waals surface area contributed by atoms with E-state index in [1.54, 1.807) is 25.7 Å². The smallest absolute Gasteiger partial charge is 0.0589 e. The van der Waals surface area contributed by atoms with Crippen LogP contribution in [0.2, 0.25) is 0 Å². The third-order valence-electron chi connectivity index (χ3n) is 10.9. The van der Waals surface area contributed by atoms with Gasteiger partial charge < -0.3 is 0 Å². The van der Waals surface area contributed by atoms with Gasteiger partial charge in [-0.3, -0.25) is 9.97 Å². The number of aryl methyl sites for hydroxylation is 1. The molecule has 0 radical (unpaired) electrons. The Hall–Kier alpha value is -0.920. The summed E-state index contributed by atoms with van der Waals surface area (Å²) in [5.74, 6) is 7.91. The Labute approximate surface area is 191 Å². The van der Waals surface area contributed by atoms with Gasteiger partial charge in [0.1, 0.15) is 0 Å². The van der Waals surface area contributed by atoms with Crippen LogP contribution in [0.25, 0.3) is 0 Å². The van der Waals surface area contributed by atoms with E-state index in [4.69, 9.17) is 0 Å². The maximum atomic E-state index is 4.68. The highest BCUT2D eigenvalue weighted by atomic mass is 14.8. The van der Waals surface area contributed by atoms with Crippen molar-refractivity contribution in [1.29, 1.82) is 0 Å². The largest absolute Gasteiger partial charge is 0.258 e. The molecule has 0 bridgehead atoms. The normalized spacial score (nSPS) is 43.0. The molecule has 1 aromatic rings. The van der Waals surface area contributed by atoms with Crippen molar-refractivity contribution in [3.63, 3.8) is 0 Å².